The van der Waals surface area contributed by atoms with Crippen molar-refractivity contribution in [3.05, 3.63) is 59.7 Å². The van der Waals surface area contributed by atoms with Crippen LogP contribution in [0.25, 0.3) is 0 Å². The minimum Gasteiger partial charge on any atom is -0.493 e. The molecule has 2 aromatic rings. The Bertz CT molecular complexity index is 745. The van der Waals surface area contributed by atoms with E-state index >= 15 is 0 Å². The fourth-order valence-electron chi connectivity index (χ4n) is 2.31. The highest BCUT2D eigenvalue weighted by molar-refractivity contribution is 5.95. The van der Waals surface area contributed by atoms with E-state index in [1.165, 1.54) is 7.11 Å². The van der Waals surface area contributed by atoms with E-state index in [1.54, 1.807) is 42.5 Å². The van der Waals surface area contributed by atoms with E-state index in [9.17, 15) is 9.59 Å². The van der Waals surface area contributed by atoms with Gasteiger partial charge in [-0.1, -0.05) is 18.2 Å². The third kappa shape index (κ3) is 5.51. The van der Waals surface area contributed by atoms with Crippen molar-refractivity contribution >= 4 is 11.8 Å². The summed E-state index contributed by atoms with van der Waals surface area (Å²) in [4.78, 5) is 24.2. The van der Waals surface area contributed by atoms with Gasteiger partial charge in [-0.3, -0.25) is 9.59 Å². The van der Waals surface area contributed by atoms with E-state index in [0.29, 0.717) is 35.7 Å². The second-order valence-corrected chi connectivity index (χ2v) is 5.91. The number of benzene rings is 2. The van der Waals surface area contributed by atoms with Crippen LogP contribution in [-0.2, 0) is 0 Å². The predicted molar refractivity (Wildman–Crippen MR) is 99.9 cm³/mol. The molecule has 0 saturated carbocycles. The lowest BCUT2D eigenvalue weighted by atomic mass is 10.2. The Morgan fingerprint density at radius 1 is 0.885 bits per heavy atom. The van der Waals surface area contributed by atoms with Crippen LogP contribution in [0.3, 0.4) is 0 Å². The highest BCUT2D eigenvalue weighted by Gasteiger charge is 2.12. The summed E-state index contributed by atoms with van der Waals surface area (Å²) in [7, 11) is 1.53. The fraction of sp³-hybridized carbons (Fsp3) is 0.300. The molecular formula is C20H24N2O4. The lowest BCUT2D eigenvalue weighted by molar-refractivity contribution is 0.0927. The number of methoxy groups -OCH3 is 1. The Morgan fingerprint density at radius 3 is 2.08 bits per heavy atom. The summed E-state index contributed by atoms with van der Waals surface area (Å²) in [6.07, 6.45) is 0.0109. The average Bonchev–Trinajstić information content (AvgIpc) is 2.65. The average molecular weight is 356 g/mol. The molecule has 2 aromatic carbocycles. The molecule has 0 fully saturated rings. The van der Waals surface area contributed by atoms with Crippen LogP contribution in [0, 0.1) is 0 Å². The van der Waals surface area contributed by atoms with E-state index in [0.717, 1.165) is 0 Å². The van der Waals surface area contributed by atoms with E-state index < -0.39 is 0 Å². The van der Waals surface area contributed by atoms with Gasteiger partial charge in [-0.05, 0) is 44.2 Å². The van der Waals surface area contributed by atoms with Crippen molar-refractivity contribution in [1.29, 1.82) is 0 Å². The summed E-state index contributed by atoms with van der Waals surface area (Å²) in [5, 5.41) is 5.53. The highest BCUT2D eigenvalue weighted by atomic mass is 16.5. The van der Waals surface area contributed by atoms with Gasteiger partial charge in [-0.2, -0.15) is 0 Å². The van der Waals surface area contributed by atoms with E-state index in [1.807, 2.05) is 19.9 Å². The van der Waals surface area contributed by atoms with Gasteiger partial charge < -0.3 is 20.1 Å². The molecule has 0 aliphatic rings. The maximum absolute atomic E-state index is 12.2. The Morgan fingerprint density at radius 2 is 1.50 bits per heavy atom. The van der Waals surface area contributed by atoms with Gasteiger partial charge in [0, 0.05) is 24.2 Å². The summed E-state index contributed by atoms with van der Waals surface area (Å²) in [6, 6.07) is 14.0. The van der Waals surface area contributed by atoms with Crippen LogP contribution in [-0.4, -0.2) is 38.1 Å². The molecule has 0 aromatic heterocycles. The largest absolute Gasteiger partial charge is 0.493 e. The smallest absolute Gasteiger partial charge is 0.251 e. The van der Waals surface area contributed by atoms with Crippen LogP contribution in [0.5, 0.6) is 11.5 Å². The molecule has 138 valence electrons. The van der Waals surface area contributed by atoms with E-state index in [2.05, 4.69) is 10.6 Å². The summed E-state index contributed by atoms with van der Waals surface area (Å²) in [6.45, 7) is 4.50. The molecule has 0 unspecified atom stereocenters. The second kappa shape index (κ2) is 9.46. The first kappa shape index (κ1) is 19.3. The van der Waals surface area contributed by atoms with Crippen LogP contribution in [0.2, 0.25) is 0 Å². The summed E-state index contributed by atoms with van der Waals surface area (Å²) < 4.78 is 10.9. The van der Waals surface area contributed by atoms with Crippen molar-refractivity contribution in [1.82, 2.24) is 10.6 Å². The van der Waals surface area contributed by atoms with Gasteiger partial charge >= 0.3 is 0 Å². The van der Waals surface area contributed by atoms with Crippen molar-refractivity contribution in [3.63, 3.8) is 0 Å². The topological polar surface area (TPSA) is 76.7 Å². The zero-order valence-electron chi connectivity index (χ0n) is 15.2. The summed E-state index contributed by atoms with van der Waals surface area (Å²) in [5.41, 5.74) is 1.05. The van der Waals surface area contributed by atoms with Gasteiger partial charge in [0.2, 0.25) is 0 Å². The number of amides is 2. The minimum absolute atomic E-state index is 0.0109. The van der Waals surface area contributed by atoms with Gasteiger partial charge in [0.25, 0.3) is 11.8 Å². The predicted octanol–water partition coefficient (Wildman–Crippen LogP) is 2.64. The summed E-state index contributed by atoms with van der Waals surface area (Å²) >= 11 is 0. The maximum atomic E-state index is 12.2. The minimum atomic E-state index is -0.242. The van der Waals surface area contributed by atoms with Gasteiger partial charge in [0.05, 0.1) is 13.2 Å². The molecule has 6 heteroatoms. The molecular weight excluding hydrogens is 332 g/mol. The summed E-state index contributed by atoms with van der Waals surface area (Å²) in [5.74, 6) is 0.683. The molecule has 2 rings (SSSR count). The Kier molecular flexibility index (Phi) is 7.02. The number of hydrogen-bond donors (Lipinski definition) is 2. The monoisotopic (exact) mass is 356 g/mol. The maximum Gasteiger partial charge on any atom is 0.251 e. The van der Waals surface area contributed by atoms with Crippen LogP contribution in [0.15, 0.2) is 48.5 Å². The standard InChI is InChI=1S/C20H24N2O4/c1-14(2)26-17-10-9-16(13-18(17)25-3)20(24)22-12-11-21-19(23)15-7-5-4-6-8-15/h4-10,13-14H,11-12H2,1-3H3,(H,21,23)(H,22,24). The van der Waals surface area contributed by atoms with Gasteiger partial charge in [0.15, 0.2) is 11.5 Å². The number of rotatable bonds is 8. The van der Waals surface area contributed by atoms with E-state index in [-0.39, 0.29) is 17.9 Å². The Hall–Kier alpha value is -3.02. The first-order valence-electron chi connectivity index (χ1n) is 8.47. The molecule has 0 spiro atoms. The molecule has 0 aliphatic carbocycles. The van der Waals surface area contributed by atoms with Gasteiger partial charge in [-0.25, -0.2) is 0 Å². The number of ether oxygens (including phenoxy) is 2. The molecule has 0 saturated heterocycles. The first-order chi connectivity index (χ1) is 12.5. The Labute approximate surface area is 153 Å². The number of carbonyl (C=O) groups excluding carboxylic acids is 2. The van der Waals surface area contributed by atoms with Crippen molar-refractivity contribution in [3.8, 4) is 11.5 Å². The number of hydrogen-bond acceptors (Lipinski definition) is 4. The first-order valence-corrected chi connectivity index (χ1v) is 8.47. The molecule has 0 radical (unpaired) electrons. The van der Waals surface area contributed by atoms with E-state index in [4.69, 9.17) is 9.47 Å². The lowest BCUT2D eigenvalue weighted by Gasteiger charge is -2.14. The molecule has 0 aliphatic heterocycles. The normalized spacial score (nSPS) is 10.3. The van der Waals surface area contributed by atoms with Crippen LogP contribution in [0.1, 0.15) is 34.6 Å². The van der Waals surface area contributed by atoms with Crippen molar-refractivity contribution in [2.75, 3.05) is 20.2 Å². The zero-order valence-corrected chi connectivity index (χ0v) is 15.2. The van der Waals surface area contributed by atoms with Crippen molar-refractivity contribution in [2.45, 2.75) is 20.0 Å². The zero-order chi connectivity index (χ0) is 18.9. The second-order valence-electron chi connectivity index (χ2n) is 5.91. The van der Waals surface area contributed by atoms with Crippen LogP contribution < -0.4 is 20.1 Å². The molecule has 2 N–H and O–H groups in total. The quantitative estimate of drug-likeness (QED) is 0.713. The van der Waals surface area contributed by atoms with Gasteiger partial charge in [-0.15, -0.1) is 0 Å². The van der Waals surface area contributed by atoms with Crippen LogP contribution in [0.4, 0.5) is 0 Å². The molecule has 0 bridgehead atoms. The number of nitrogens with one attached hydrogen (secondary N) is 2. The lowest BCUT2D eigenvalue weighted by Crippen LogP contribution is -2.34. The molecule has 0 atom stereocenters. The number of carbonyl (C=O) groups is 2. The molecule has 0 heterocycles. The molecule has 6 nitrogen and oxygen atoms in total. The molecule has 26 heavy (non-hydrogen) atoms. The van der Waals surface area contributed by atoms with Crippen LogP contribution >= 0.6 is 0 Å². The van der Waals surface area contributed by atoms with Crippen molar-refractivity contribution in [2.24, 2.45) is 0 Å². The SMILES string of the molecule is COc1cc(C(=O)NCCNC(=O)c2ccccc2)ccc1OC(C)C. The van der Waals surface area contributed by atoms with Gasteiger partial charge in [0.1, 0.15) is 0 Å². The third-order valence-corrected chi connectivity index (χ3v) is 3.52. The third-order valence-electron chi connectivity index (χ3n) is 3.52. The van der Waals surface area contributed by atoms with Crippen molar-refractivity contribution < 1.29 is 19.1 Å². The Balaban J connectivity index is 1.85. The fourth-order valence-corrected chi connectivity index (χ4v) is 2.31. The molecule has 2 amide bonds. The highest BCUT2D eigenvalue weighted by Crippen LogP contribution is 2.28.